The third-order valence-electron chi connectivity index (χ3n) is 1.74. The second-order valence-electron chi connectivity index (χ2n) is 3.22. The number of aryl methyl sites for hydroxylation is 1. The predicted octanol–water partition coefficient (Wildman–Crippen LogP) is 1.87. The quantitative estimate of drug-likeness (QED) is 0.560. The summed E-state index contributed by atoms with van der Waals surface area (Å²) in [6, 6.07) is 4.53. The minimum atomic E-state index is -0.533. The molecule has 0 fully saturated rings. The molecule has 0 unspecified atom stereocenters. The first-order chi connectivity index (χ1) is 7.00. The van der Waals surface area contributed by atoms with Crippen LogP contribution < -0.4 is 4.74 Å². The summed E-state index contributed by atoms with van der Waals surface area (Å²) in [5.41, 5.74) is 0.723. The van der Waals surface area contributed by atoms with E-state index < -0.39 is 4.92 Å². The molecule has 0 heterocycles. The lowest BCUT2D eigenvalue weighted by atomic mass is 10.2. The third kappa shape index (κ3) is 3.05. The summed E-state index contributed by atoms with van der Waals surface area (Å²) in [4.78, 5) is 20.8. The van der Waals surface area contributed by atoms with Crippen LogP contribution in [-0.2, 0) is 4.79 Å². The van der Waals surface area contributed by atoms with Gasteiger partial charge in [-0.3, -0.25) is 14.9 Å². The van der Waals surface area contributed by atoms with Gasteiger partial charge < -0.3 is 4.74 Å². The Balaban J connectivity index is 2.96. The van der Waals surface area contributed by atoms with Crippen LogP contribution in [0.25, 0.3) is 0 Å². The molecule has 0 aliphatic carbocycles. The summed E-state index contributed by atoms with van der Waals surface area (Å²) in [6.45, 7) is 3.01. The molecular weight excluding hydrogens is 198 g/mol. The average molecular weight is 209 g/mol. The van der Waals surface area contributed by atoms with Crippen LogP contribution in [0.15, 0.2) is 18.2 Å². The number of nitro groups is 1. The van der Waals surface area contributed by atoms with E-state index in [1.54, 1.807) is 19.1 Å². The van der Waals surface area contributed by atoms with Crippen LogP contribution in [0.4, 0.5) is 5.69 Å². The van der Waals surface area contributed by atoms with Gasteiger partial charge in [0.15, 0.2) is 11.5 Å². The number of carbonyl (C=O) groups excluding carboxylic acids is 1. The van der Waals surface area contributed by atoms with Crippen LogP contribution in [-0.4, -0.2) is 17.3 Å². The van der Waals surface area contributed by atoms with Crippen molar-refractivity contribution in [2.24, 2.45) is 0 Å². The van der Waals surface area contributed by atoms with Crippen LogP contribution in [0.5, 0.6) is 5.75 Å². The fourth-order valence-electron chi connectivity index (χ4n) is 1.07. The average Bonchev–Trinajstić information content (AvgIpc) is 2.14. The highest BCUT2D eigenvalue weighted by atomic mass is 16.6. The Morgan fingerprint density at radius 2 is 2.20 bits per heavy atom. The number of ketones is 1. The van der Waals surface area contributed by atoms with Crippen molar-refractivity contribution in [1.29, 1.82) is 0 Å². The van der Waals surface area contributed by atoms with E-state index in [2.05, 4.69) is 0 Å². The second kappa shape index (κ2) is 4.54. The molecule has 5 heteroatoms. The second-order valence-corrected chi connectivity index (χ2v) is 3.22. The zero-order valence-corrected chi connectivity index (χ0v) is 8.52. The molecule has 1 aromatic carbocycles. The van der Waals surface area contributed by atoms with Crippen molar-refractivity contribution in [2.75, 3.05) is 6.61 Å². The number of nitro benzene ring substituents is 1. The predicted molar refractivity (Wildman–Crippen MR) is 54.0 cm³/mol. The molecule has 0 amide bonds. The normalized spacial score (nSPS) is 9.73. The lowest BCUT2D eigenvalue weighted by Crippen LogP contribution is -2.08. The van der Waals surface area contributed by atoms with Crippen LogP contribution in [0.3, 0.4) is 0 Å². The highest BCUT2D eigenvalue weighted by Gasteiger charge is 2.14. The van der Waals surface area contributed by atoms with E-state index in [4.69, 9.17) is 4.74 Å². The van der Waals surface area contributed by atoms with E-state index >= 15 is 0 Å². The molecule has 1 aromatic rings. The number of nitrogens with zero attached hydrogens (tertiary/aromatic N) is 1. The highest BCUT2D eigenvalue weighted by molar-refractivity contribution is 5.77. The maximum absolute atomic E-state index is 10.7. The summed E-state index contributed by atoms with van der Waals surface area (Å²) in [6.07, 6.45) is 0. The molecular formula is C10H11NO4. The highest BCUT2D eigenvalue weighted by Crippen LogP contribution is 2.27. The largest absolute Gasteiger partial charge is 0.479 e. The number of Topliss-reactive ketones (excluding diaryl/α,β-unsaturated/α-hetero) is 1. The lowest BCUT2D eigenvalue weighted by Gasteiger charge is -2.05. The first-order valence-corrected chi connectivity index (χ1v) is 4.38. The minimum absolute atomic E-state index is 0.123. The van der Waals surface area contributed by atoms with Gasteiger partial charge in [0.2, 0.25) is 0 Å². The van der Waals surface area contributed by atoms with E-state index in [9.17, 15) is 14.9 Å². The number of hydrogen-bond acceptors (Lipinski definition) is 4. The van der Waals surface area contributed by atoms with Gasteiger partial charge in [-0.1, -0.05) is 6.07 Å². The van der Waals surface area contributed by atoms with Gasteiger partial charge in [0.25, 0.3) is 0 Å². The van der Waals surface area contributed by atoms with Crippen LogP contribution in [0.1, 0.15) is 12.5 Å². The van der Waals surface area contributed by atoms with Crippen molar-refractivity contribution in [3.63, 3.8) is 0 Å². The Labute approximate surface area is 86.8 Å². The van der Waals surface area contributed by atoms with Crippen molar-refractivity contribution >= 4 is 11.5 Å². The molecule has 0 aliphatic heterocycles. The Bertz CT molecular complexity index is 400. The smallest absolute Gasteiger partial charge is 0.310 e. The van der Waals surface area contributed by atoms with Gasteiger partial charge in [-0.2, -0.15) is 0 Å². The van der Waals surface area contributed by atoms with Crippen LogP contribution >= 0.6 is 0 Å². The van der Waals surface area contributed by atoms with Gasteiger partial charge in [-0.25, -0.2) is 0 Å². The lowest BCUT2D eigenvalue weighted by molar-refractivity contribution is -0.385. The molecule has 0 aromatic heterocycles. The zero-order chi connectivity index (χ0) is 11.4. The van der Waals surface area contributed by atoms with Crippen molar-refractivity contribution < 1.29 is 14.5 Å². The Hall–Kier alpha value is -1.91. The molecule has 0 aliphatic rings. The van der Waals surface area contributed by atoms with E-state index in [-0.39, 0.29) is 23.8 Å². The van der Waals surface area contributed by atoms with Gasteiger partial charge in [0, 0.05) is 6.07 Å². The SMILES string of the molecule is CC(=O)COc1cc(C)ccc1[N+](=O)[O-]. The summed E-state index contributed by atoms with van der Waals surface area (Å²) in [7, 11) is 0. The van der Waals surface area contributed by atoms with E-state index in [1.165, 1.54) is 13.0 Å². The van der Waals surface area contributed by atoms with Gasteiger partial charge in [0.1, 0.15) is 6.61 Å². The van der Waals surface area contributed by atoms with Gasteiger partial charge in [-0.05, 0) is 25.5 Å². The van der Waals surface area contributed by atoms with Crippen LogP contribution in [0.2, 0.25) is 0 Å². The van der Waals surface area contributed by atoms with Gasteiger partial charge >= 0.3 is 5.69 Å². The summed E-state index contributed by atoms with van der Waals surface area (Å²) < 4.78 is 5.05. The summed E-state index contributed by atoms with van der Waals surface area (Å²) in [5.74, 6) is -0.0407. The Kier molecular flexibility index (Phi) is 3.38. The third-order valence-corrected chi connectivity index (χ3v) is 1.74. The molecule has 0 atom stereocenters. The topological polar surface area (TPSA) is 69.4 Å². The van der Waals surface area contributed by atoms with Crippen molar-refractivity contribution in [3.05, 3.63) is 33.9 Å². The number of benzene rings is 1. The molecule has 5 nitrogen and oxygen atoms in total. The maximum Gasteiger partial charge on any atom is 0.310 e. The van der Waals surface area contributed by atoms with Gasteiger partial charge in [0.05, 0.1) is 4.92 Å². The van der Waals surface area contributed by atoms with Crippen molar-refractivity contribution in [2.45, 2.75) is 13.8 Å². The number of carbonyl (C=O) groups is 1. The number of hydrogen-bond donors (Lipinski definition) is 0. The first-order valence-electron chi connectivity index (χ1n) is 4.38. The van der Waals surface area contributed by atoms with Crippen molar-refractivity contribution in [3.8, 4) is 5.75 Å². The number of ether oxygens (including phenoxy) is 1. The molecule has 1 rings (SSSR count). The van der Waals surface area contributed by atoms with E-state index in [0.29, 0.717) is 0 Å². The molecule has 0 bridgehead atoms. The molecule has 0 saturated heterocycles. The summed E-state index contributed by atoms with van der Waals surface area (Å²) in [5, 5.41) is 10.6. The van der Waals surface area contributed by atoms with Gasteiger partial charge in [-0.15, -0.1) is 0 Å². The van der Waals surface area contributed by atoms with Crippen molar-refractivity contribution in [1.82, 2.24) is 0 Å². The maximum atomic E-state index is 10.7. The fourth-order valence-corrected chi connectivity index (χ4v) is 1.07. The molecule has 0 saturated carbocycles. The van der Waals surface area contributed by atoms with E-state index in [0.717, 1.165) is 5.56 Å². The Morgan fingerprint density at radius 3 is 2.73 bits per heavy atom. The minimum Gasteiger partial charge on any atom is -0.479 e. The molecule has 0 N–H and O–H groups in total. The van der Waals surface area contributed by atoms with E-state index in [1.807, 2.05) is 0 Å². The zero-order valence-electron chi connectivity index (χ0n) is 8.52. The number of rotatable bonds is 4. The first kappa shape index (κ1) is 11.2. The Morgan fingerprint density at radius 1 is 1.53 bits per heavy atom. The molecule has 80 valence electrons. The molecule has 15 heavy (non-hydrogen) atoms. The monoisotopic (exact) mass is 209 g/mol. The fraction of sp³-hybridized carbons (Fsp3) is 0.300. The standard InChI is InChI=1S/C10H11NO4/c1-7-3-4-9(11(13)14)10(5-7)15-6-8(2)12/h3-5H,6H2,1-2H3. The van der Waals surface area contributed by atoms with Crippen LogP contribution in [0, 0.1) is 17.0 Å². The molecule has 0 spiro atoms. The summed E-state index contributed by atoms with van der Waals surface area (Å²) >= 11 is 0. The molecule has 0 radical (unpaired) electrons.